The Morgan fingerprint density at radius 3 is 1.25 bits per heavy atom. The van der Waals surface area contributed by atoms with Gasteiger partial charge in [0.05, 0.1) is 27.8 Å². The number of hydrogen-bond acceptors (Lipinski definition) is 6. The van der Waals surface area contributed by atoms with Gasteiger partial charge in [-0.3, -0.25) is 4.57 Å². The van der Waals surface area contributed by atoms with Gasteiger partial charge in [0.2, 0.25) is 5.95 Å². The lowest BCUT2D eigenvalue weighted by Gasteiger charge is -2.15. The largest absolute Gasteiger partial charge is 0.308 e. The minimum atomic E-state index is 0.529. The van der Waals surface area contributed by atoms with E-state index in [-0.39, 0.29) is 0 Å². The summed E-state index contributed by atoms with van der Waals surface area (Å²) < 4.78 is 4.58. The van der Waals surface area contributed by atoms with Gasteiger partial charge in [-0.15, -0.1) is 0 Å². The van der Waals surface area contributed by atoms with Crippen molar-refractivity contribution in [3.05, 3.63) is 231 Å². The van der Waals surface area contributed by atoms with Gasteiger partial charge in [0, 0.05) is 49.4 Å². The third kappa shape index (κ3) is 6.62. The second-order valence-corrected chi connectivity index (χ2v) is 16.7. The molecule has 4 aromatic heterocycles. The van der Waals surface area contributed by atoms with Crippen LogP contribution in [0.1, 0.15) is 0 Å². The average Bonchev–Trinajstić information content (AvgIpc) is 3.95. The van der Waals surface area contributed by atoms with Gasteiger partial charge in [-0.05, 0) is 41.5 Å². The van der Waals surface area contributed by atoms with E-state index in [0.29, 0.717) is 35.1 Å². The van der Waals surface area contributed by atoms with E-state index in [9.17, 15) is 0 Å². The molecule has 0 saturated carbocycles. The Labute approximate surface area is 391 Å². The number of aromatic nitrogens is 8. The SMILES string of the molecule is c1ccc(-c2ccc(-c3nc(-c4ccccc4)nc(-n4c5ccccc5c5c4ccc4c6ccccc6n(-c6ccccc6-c6nc(-c7ccccc7)nc(-c7ccccc7)n6)c45)n3)cc2)cc1. The summed E-state index contributed by atoms with van der Waals surface area (Å²) in [7, 11) is 0. The molecule has 0 unspecified atom stereocenters. The molecule has 13 aromatic rings. The average molecular weight is 871 g/mol. The van der Waals surface area contributed by atoms with Gasteiger partial charge in [-0.2, -0.15) is 9.97 Å². The number of hydrogen-bond donors (Lipinski definition) is 0. The smallest absolute Gasteiger partial charge is 0.238 e. The second-order valence-electron chi connectivity index (χ2n) is 16.7. The molecular formula is C60H38N8. The molecule has 0 atom stereocenters. The van der Waals surface area contributed by atoms with Crippen molar-refractivity contribution >= 4 is 43.6 Å². The van der Waals surface area contributed by atoms with Crippen molar-refractivity contribution in [1.82, 2.24) is 39.0 Å². The van der Waals surface area contributed by atoms with Crippen LogP contribution >= 0.6 is 0 Å². The summed E-state index contributed by atoms with van der Waals surface area (Å²) in [6.45, 7) is 0. The van der Waals surface area contributed by atoms with E-state index >= 15 is 0 Å². The van der Waals surface area contributed by atoms with Crippen molar-refractivity contribution < 1.29 is 0 Å². The first-order valence-electron chi connectivity index (χ1n) is 22.6. The third-order valence-electron chi connectivity index (χ3n) is 12.7. The number of para-hydroxylation sites is 3. The van der Waals surface area contributed by atoms with E-state index in [1.165, 1.54) is 0 Å². The molecule has 0 aliphatic rings. The first-order valence-corrected chi connectivity index (χ1v) is 22.6. The highest BCUT2D eigenvalue weighted by atomic mass is 15.2. The highest BCUT2D eigenvalue weighted by molar-refractivity contribution is 6.26. The predicted octanol–water partition coefficient (Wildman–Crippen LogP) is 14.3. The highest BCUT2D eigenvalue weighted by Gasteiger charge is 2.25. The minimum absolute atomic E-state index is 0.529. The number of nitrogens with zero attached hydrogens (tertiary/aromatic N) is 8. The van der Waals surface area contributed by atoms with Crippen LogP contribution in [0, 0.1) is 0 Å². The van der Waals surface area contributed by atoms with Crippen LogP contribution in [0.3, 0.4) is 0 Å². The summed E-state index contributed by atoms with van der Waals surface area (Å²) in [6.07, 6.45) is 0. The van der Waals surface area contributed by atoms with Crippen molar-refractivity contribution in [3.8, 4) is 79.7 Å². The lowest BCUT2D eigenvalue weighted by molar-refractivity contribution is 0.953. The molecule has 0 fully saturated rings. The van der Waals surface area contributed by atoms with Gasteiger partial charge in [-0.1, -0.05) is 200 Å². The monoisotopic (exact) mass is 870 g/mol. The molecule has 0 saturated heterocycles. The van der Waals surface area contributed by atoms with E-state index in [0.717, 1.165) is 88.2 Å². The second kappa shape index (κ2) is 16.2. The topological polar surface area (TPSA) is 87.2 Å². The summed E-state index contributed by atoms with van der Waals surface area (Å²) >= 11 is 0. The maximum atomic E-state index is 5.31. The first-order chi connectivity index (χ1) is 33.7. The Morgan fingerprint density at radius 2 is 0.662 bits per heavy atom. The molecule has 68 heavy (non-hydrogen) atoms. The van der Waals surface area contributed by atoms with Crippen LogP contribution in [0.25, 0.3) is 123 Å². The van der Waals surface area contributed by atoms with Gasteiger partial charge in [0.1, 0.15) is 0 Å². The van der Waals surface area contributed by atoms with Crippen molar-refractivity contribution in [2.75, 3.05) is 0 Å². The third-order valence-corrected chi connectivity index (χ3v) is 12.7. The molecule has 8 heteroatoms. The van der Waals surface area contributed by atoms with Crippen LogP contribution < -0.4 is 0 Å². The molecule has 0 radical (unpaired) electrons. The van der Waals surface area contributed by atoms with Crippen molar-refractivity contribution in [1.29, 1.82) is 0 Å². The molecule has 13 rings (SSSR count). The molecule has 9 aromatic carbocycles. The summed E-state index contributed by atoms with van der Waals surface area (Å²) in [4.78, 5) is 31.1. The Kier molecular flexibility index (Phi) is 9.31. The van der Waals surface area contributed by atoms with E-state index in [1.54, 1.807) is 0 Å². The molecule has 0 bridgehead atoms. The molecule has 0 amide bonds. The quantitative estimate of drug-likeness (QED) is 0.151. The zero-order chi connectivity index (χ0) is 45.0. The summed E-state index contributed by atoms with van der Waals surface area (Å²) in [6, 6.07) is 79.3. The molecule has 4 heterocycles. The van der Waals surface area contributed by atoms with Gasteiger partial charge in [0.25, 0.3) is 0 Å². The number of fused-ring (bicyclic) bond motifs is 7. The van der Waals surface area contributed by atoms with Crippen LogP contribution in [0.4, 0.5) is 0 Å². The maximum absolute atomic E-state index is 5.31. The first kappa shape index (κ1) is 39.0. The fourth-order valence-corrected chi connectivity index (χ4v) is 9.51. The molecule has 318 valence electrons. The van der Waals surface area contributed by atoms with Crippen molar-refractivity contribution in [3.63, 3.8) is 0 Å². The van der Waals surface area contributed by atoms with Crippen molar-refractivity contribution in [2.45, 2.75) is 0 Å². The maximum Gasteiger partial charge on any atom is 0.238 e. The lowest BCUT2D eigenvalue weighted by Crippen LogP contribution is -2.06. The van der Waals surface area contributed by atoms with E-state index in [2.05, 4.69) is 143 Å². The van der Waals surface area contributed by atoms with Crippen LogP contribution in [0.15, 0.2) is 231 Å². The lowest BCUT2D eigenvalue weighted by atomic mass is 10.0. The van der Waals surface area contributed by atoms with E-state index in [4.69, 9.17) is 29.9 Å². The fraction of sp³-hybridized carbons (Fsp3) is 0. The zero-order valence-electron chi connectivity index (χ0n) is 36.5. The Morgan fingerprint density at radius 1 is 0.250 bits per heavy atom. The van der Waals surface area contributed by atoms with Crippen molar-refractivity contribution in [2.24, 2.45) is 0 Å². The Bertz CT molecular complexity index is 3940. The van der Waals surface area contributed by atoms with E-state index in [1.807, 2.05) is 97.1 Å². The summed E-state index contributed by atoms with van der Waals surface area (Å²) in [5.41, 5.74) is 11.8. The molecule has 0 aliphatic carbocycles. The molecule has 0 N–H and O–H groups in total. The van der Waals surface area contributed by atoms with Gasteiger partial charge in [-0.25, -0.2) is 19.9 Å². The van der Waals surface area contributed by atoms with Crippen LogP contribution in [-0.4, -0.2) is 39.0 Å². The van der Waals surface area contributed by atoms with Crippen LogP contribution in [0.5, 0.6) is 0 Å². The van der Waals surface area contributed by atoms with E-state index < -0.39 is 0 Å². The molecule has 8 nitrogen and oxygen atoms in total. The molecule has 0 spiro atoms. The normalized spacial score (nSPS) is 11.5. The highest BCUT2D eigenvalue weighted by Crippen LogP contribution is 2.43. The Balaban J connectivity index is 1.07. The molecular weight excluding hydrogens is 833 g/mol. The summed E-state index contributed by atoms with van der Waals surface area (Å²) in [5, 5.41) is 4.40. The van der Waals surface area contributed by atoms with Crippen LogP contribution in [0.2, 0.25) is 0 Å². The Hall–Kier alpha value is -9.40. The molecule has 0 aliphatic heterocycles. The predicted molar refractivity (Wildman–Crippen MR) is 275 cm³/mol. The standard InChI is InChI=1S/C60H38N8/c1-5-19-39(20-6-1)40-33-35-44(36-34-40)58-62-57(43-25-11-4-12-26-43)65-60(66-58)68-50-31-17-14-28-47(50)53-52(68)38-37-46-45-27-13-16-30-49(45)67(54(46)53)51-32-18-15-29-48(51)59-63-55(41-21-7-2-8-22-41)61-56(64-59)42-23-9-3-10-24-42/h1-38H. The zero-order valence-corrected chi connectivity index (χ0v) is 36.5. The van der Waals surface area contributed by atoms with Gasteiger partial charge in [0.15, 0.2) is 29.1 Å². The number of rotatable bonds is 8. The fourth-order valence-electron chi connectivity index (χ4n) is 9.51. The van der Waals surface area contributed by atoms with Gasteiger partial charge < -0.3 is 4.57 Å². The summed E-state index contributed by atoms with van der Waals surface area (Å²) in [5.74, 6) is 3.50. The minimum Gasteiger partial charge on any atom is -0.308 e. The number of benzene rings is 9. The van der Waals surface area contributed by atoms with Crippen LogP contribution in [-0.2, 0) is 0 Å². The van der Waals surface area contributed by atoms with Gasteiger partial charge >= 0.3 is 0 Å².